The fraction of sp³-hybridized carbons (Fsp3) is 0.467. The van der Waals surface area contributed by atoms with E-state index in [2.05, 4.69) is 0 Å². The molecule has 0 radical (unpaired) electrons. The van der Waals surface area contributed by atoms with E-state index in [4.69, 9.17) is 21.1 Å². The summed E-state index contributed by atoms with van der Waals surface area (Å²) < 4.78 is 10.9. The summed E-state index contributed by atoms with van der Waals surface area (Å²) in [6.07, 6.45) is 2.47. The first kappa shape index (κ1) is 13.4. The van der Waals surface area contributed by atoms with Crippen molar-refractivity contribution in [2.45, 2.75) is 25.7 Å². The summed E-state index contributed by atoms with van der Waals surface area (Å²) >= 11 is 6.13. The number of carbonyl (C=O) groups excluding carboxylic acids is 2. The molecule has 1 aliphatic heterocycles. The van der Waals surface area contributed by atoms with Gasteiger partial charge in [-0.1, -0.05) is 11.6 Å². The van der Waals surface area contributed by atoms with Crippen LogP contribution in [0.1, 0.15) is 36.0 Å². The third-order valence-corrected chi connectivity index (χ3v) is 4.02. The molecule has 0 aromatic heterocycles. The van der Waals surface area contributed by atoms with E-state index in [0.29, 0.717) is 48.1 Å². The van der Waals surface area contributed by atoms with Crippen molar-refractivity contribution in [1.82, 2.24) is 0 Å². The lowest BCUT2D eigenvalue weighted by atomic mass is 9.83. The Balaban J connectivity index is 1.88. The molecule has 2 aliphatic rings. The zero-order valence-corrected chi connectivity index (χ0v) is 11.7. The van der Waals surface area contributed by atoms with Gasteiger partial charge >= 0.3 is 0 Å². The van der Waals surface area contributed by atoms with E-state index in [1.165, 1.54) is 0 Å². The van der Waals surface area contributed by atoms with Crippen molar-refractivity contribution in [1.29, 1.82) is 0 Å². The summed E-state index contributed by atoms with van der Waals surface area (Å²) in [6, 6.07) is 3.28. The number of rotatable bonds is 2. The van der Waals surface area contributed by atoms with Crippen LogP contribution in [0, 0.1) is 5.92 Å². The number of ketones is 2. The standard InChI is InChI=1S/C15H15ClO4/c16-12-7-10(8-13-15(12)20-5-4-19-13)14(18)9-2-1-3-11(17)6-9/h7-9H,1-6H2. The minimum Gasteiger partial charge on any atom is -0.486 e. The van der Waals surface area contributed by atoms with E-state index >= 15 is 0 Å². The monoisotopic (exact) mass is 294 g/mol. The number of Topliss-reactive ketones (excluding diaryl/α,β-unsaturated/α-hetero) is 2. The predicted octanol–water partition coefficient (Wildman–Crippen LogP) is 3.05. The molecule has 106 valence electrons. The predicted molar refractivity (Wildman–Crippen MR) is 73.7 cm³/mol. The molecule has 0 amide bonds. The highest BCUT2D eigenvalue weighted by molar-refractivity contribution is 6.32. The molecular weight excluding hydrogens is 280 g/mol. The second-order valence-electron chi connectivity index (χ2n) is 5.18. The van der Waals surface area contributed by atoms with Crippen LogP contribution in [-0.4, -0.2) is 24.8 Å². The molecule has 1 aliphatic carbocycles. The van der Waals surface area contributed by atoms with E-state index in [1.54, 1.807) is 12.1 Å². The van der Waals surface area contributed by atoms with E-state index in [0.717, 1.165) is 12.8 Å². The number of fused-ring (bicyclic) bond motifs is 1. The Hall–Kier alpha value is -1.55. The molecule has 1 aromatic carbocycles. The van der Waals surface area contributed by atoms with Crippen LogP contribution < -0.4 is 9.47 Å². The van der Waals surface area contributed by atoms with Crippen LogP contribution in [0.4, 0.5) is 0 Å². The highest BCUT2D eigenvalue weighted by Crippen LogP contribution is 2.39. The quantitative estimate of drug-likeness (QED) is 0.787. The normalized spacial score (nSPS) is 21.6. The number of benzene rings is 1. The smallest absolute Gasteiger partial charge is 0.179 e. The Morgan fingerprint density at radius 2 is 2.05 bits per heavy atom. The molecule has 3 rings (SSSR count). The lowest BCUT2D eigenvalue weighted by Gasteiger charge is -2.22. The van der Waals surface area contributed by atoms with Crippen LogP contribution in [0.25, 0.3) is 0 Å². The number of ether oxygens (including phenoxy) is 2. The molecule has 1 heterocycles. The van der Waals surface area contributed by atoms with Gasteiger partial charge in [0.05, 0.1) is 5.02 Å². The Morgan fingerprint density at radius 3 is 2.85 bits per heavy atom. The van der Waals surface area contributed by atoms with Gasteiger partial charge in [-0.2, -0.15) is 0 Å². The zero-order chi connectivity index (χ0) is 14.1. The average Bonchev–Trinajstić information content (AvgIpc) is 2.46. The van der Waals surface area contributed by atoms with Crippen molar-refractivity contribution >= 4 is 23.2 Å². The van der Waals surface area contributed by atoms with Crippen molar-refractivity contribution in [2.75, 3.05) is 13.2 Å². The molecule has 0 saturated heterocycles. The lowest BCUT2D eigenvalue weighted by Crippen LogP contribution is -2.23. The summed E-state index contributed by atoms with van der Waals surface area (Å²) in [5.74, 6) is 0.911. The molecule has 20 heavy (non-hydrogen) atoms. The molecule has 1 fully saturated rings. The number of halogens is 1. The molecule has 0 N–H and O–H groups in total. The average molecular weight is 295 g/mol. The van der Waals surface area contributed by atoms with Gasteiger partial charge in [0.2, 0.25) is 0 Å². The van der Waals surface area contributed by atoms with Gasteiger partial charge in [0.25, 0.3) is 0 Å². The van der Waals surface area contributed by atoms with Crippen LogP contribution in [0.15, 0.2) is 12.1 Å². The number of carbonyl (C=O) groups is 2. The highest BCUT2D eigenvalue weighted by atomic mass is 35.5. The minimum absolute atomic E-state index is 0.0306. The lowest BCUT2D eigenvalue weighted by molar-refractivity contribution is -0.121. The van der Waals surface area contributed by atoms with Crippen LogP contribution in [-0.2, 0) is 4.79 Å². The number of hydrogen-bond acceptors (Lipinski definition) is 4. The molecule has 4 nitrogen and oxygen atoms in total. The number of hydrogen-bond donors (Lipinski definition) is 0. The first-order valence-corrected chi connectivity index (χ1v) is 7.18. The first-order valence-electron chi connectivity index (χ1n) is 6.80. The van der Waals surface area contributed by atoms with Crippen molar-refractivity contribution < 1.29 is 19.1 Å². The third kappa shape index (κ3) is 2.52. The maximum Gasteiger partial charge on any atom is 0.179 e. The molecule has 1 aromatic rings. The molecule has 1 saturated carbocycles. The topological polar surface area (TPSA) is 52.6 Å². The van der Waals surface area contributed by atoms with Gasteiger partial charge in [0.15, 0.2) is 17.3 Å². The molecule has 0 bridgehead atoms. The third-order valence-electron chi connectivity index (χ3n) is 3.73. The van der Waals surface area contributed by atoms with Crippen LogP contribution in [0.3, 0.4) is 0 Å². The molecular formula is C15H15ClO4. The summed E-state index contributed by atoms with van der Waals surface area (Å²) in [7, 11) is 0. The van der Waals surface area contributed by atoms with Crippen LogP contribution in [0.2, 0.25) is 5.02 Å². The van der Waals surface area contributed by atoms with Gasteiger partial charge in [-0.05, 0) is 25.0 Å². The van der Waals surface area contributed by atoms with Crippen LogP contribution >= 0.6 is 11.6 Å². The van der Waals surface area contributed by atoms with Crippen molar-refractivity contribution in [3.63, 3.8) is 0 Å². The van der Waals surface area contributed by atoms with E-state index in [1.807, 2.05) is 0 Å². The van der Waals surface area contributed by atoms with Gasteiger partial charge in [0.1, 0.15) is 19.0 Å². The van der Waals surface area contributed by atoms with Crippen molar-refractivity contribution in [3.05, 3.63) is 22.7 Å². The maximum atomic E-state index is 12.5. The summed E-state index contributed by atoms with van der Waals surface area (Å²) in [4.78, 5) is 24.0. The molecule has 5 heteroatoms. The SMILES string of the molecule is O=C1CCCC(C(=O)c2cc(Cl)c3c(c2)OCCO3)C1. The summed E-state index contributed by atoms with van der Waals surface area (Å²) in [5.41, 5.74) is 0.499. The second kappa shape index (κ2) is 5.44. The maximum absolute atomic E-state index is 12.5. The summed E-state index contributed by atoms with van der Waals surface area (Å²) in [6.45, 7) is 0.903. The second-order valence-corrected chi connectivity index (χ2v) is 5.59. The van der Waals surface area contributed by atoms with Gasteiger partial charge in [-0.25, -0.2) is 0 Å². The van der Waals surface area contributed by atoms with Crippen LogP contribution in [0.5, 0.6) is 11.5 Å². The minimum atomic E-state index is -0.227. The van der Waals surface area contributed by atoms with Crippen molar-refractivity contribution in [2.24, 2.45) is 5.92 Å². The Bertz CT molecular complexity index is 567. The Morgan fingerprint density at radius 1 is 1.25 bits per heavy atom. The Labute approximate surface area is 122 Å². The highest BCUT2D eigenvalue weighted by Gasteiger charge is 2.28. The van der Waals surface area contributed by atoms with Gasteiger partial charge in [-0.3, -0.25) is 9.59 Å². The zero-order valence-electron chi connectivity index (χ0n) is 11.0. The van der Waals surface area contributed by atoms with Gasteiger partial charge in [-0.15, -0.1) is 0 Å². The fourth-order valence-electron chi connectivity index (χ4n) is 2.74. The first-order chi connectivity index (χ1) is 9.65. The summed E-state index contributed by atoms with van der Waals surface area (Å²) in [5, 5.41) is 0.382. The molecule has 0 spiro atoms. The molecule has 1 atom stereocenters. The Kier molecular flexibility index (Phi) is 3.66. The van der Waals surface area contributed by atoms with E-state index in [-0.39, 0.29) is 17.5 Å². The molecule has 1 unspecified atom stereocenters. The van der Waals surface area contributed by atoms with E-state index in [9.17, 15) is 9.59 Å². The largest absolute Gasteiger partial charge is 0.486 e. The fourth-order valence-corrected chi connectivity index (χ4v) is 3.00. The van der Waals surface area contributed by atoms with Gasteiger partial charge < -0.3 is 9.47 Å². The van der Waals surface area contributed by atoms with Crippen molar-refractivity contribution in [3.8, 4) is 11.5 Å². The van der Waals surface area contributed by atoms with Gasteiger partial charge in [0, 0.05) is 24.3 Å². The van der Waals surface area contributed by atoms with E-state index < -0.39 is 0 Å².